The molecule has 0 fully saturated rings. The lowest BCUT2D eigenvalue weighted by atomic mass is 10.2. The molecule has 1 aromatic carbocycles. The van der Waals surface area contributed by atoms with E-state index in [9.17, 15) is 9.59 Å². The molecular weight excluding hydrogens is 316 g/mol. The number of thiazole rings is 1. The fourth-order valence-corrected chi connectivity index (χ4v) is 2.93. The summed E-state index contributed by atoms with van der Waals surface area (Å²) in [6.07, 6.45) is 0.260. The lowest BCUT2D eigenvalue weighted by molar-refractivity contribution is -0.121. The summed E-state index contributed by atoms with van der Waals surface area (Å²) in [7, 11) is 3.16. The molecule has 1 heterocycles. The SMILES string of the molecule is COc1ccc(CNC(=O)CCn2c(C)csc2=O)c(OC)c1. The molecule has 0 saturated carbocycles. The highest BCUT2D eigenvalue weighted by molar-refractivity contribution is 7.07. The maximum absolute atomic E-state index is 12.0. The van der Waals surface area contributed by atoms with E-state index in [0.717, 1.165) is 22.6 Å². The van der Waals surface area contributed by atoms with Crippen molar-refractivity contribution in [1.29, 1.82) is 0 Å². The third-order valence-corrected chi connectivity index (χ3v) is 4.39. The molecule has 7 heteroatoms. The Balaban J connectivity index is 1.91. The quantitative estimate of drug-likeness (QED) is 0.839. The topological polar surface area (TPSA) is 69.6 Å². The summed E-state index contributed by atoms with van der Waals surface area (Å²) in [5.41, 5.74) is 1.75. The smallest absolute Gasteiger partial charge is 0.307 e. The average Bonchev–Trinajstić information content (AvgIpc) is 2.89. The molecule has 0 saturated heterocycles. The molecule has 6 nitrogen and oxygen atoms in total. The number of methoxy groups -OCH3 is 2. The number of hydrogen-bond donors (Lipinski definition) is 1. The van der Waals surface area contributed by atoms with Gasteiger partial charge in [-0.2, -0.15) is 0 Å². The van der Waals surface area contributed by atoms with Crippen LogP contribution < -0.4 is 19.7 Å². The predicted octanol–water partition coefficient (Wildman–Crippen LogP) is 1.94. The van der Waals surface area contributed by atoms with Gasteiger partial charge in [0.1, 0.15) is 11.5 Å². The third kappa shape index (κ3) is 4.35. The Labute approximate surface area is 138 Å². The molecule has 0 atom stereocenters. The minimum atomic E-state index is -0.111. The van der Waals surface area contributed by atoms with Crippen LogP contribution in [0.5, 0.6) is 11.5 Å². The Morgan fingerprint density at radius 1 is 1.30 bits per heavy atom. The van der Waals surface area contributed by atoms with Crippen LogP contribution in [0.2, 0.25) is 0 Å². The number of hydrogen-bond acceptors (Lipinski definition) is 5. The second-order valence-corrected chi connectivity index (χ2v) is 5.82. The molecule has 0 aliphatic rings. The number of carbonyl (C=O) groups is 1. The van der Waals surface area contributed by atoms with Gasteiger partial charge in [-0.25, -0.2) is 0 Å². The van der Waals surface area contributed by atoms with Gasteiger partial charge in [-0.05, 0) is 19.1 Å². The van der Waals surface area contributed by atoms with Crippen LogP contribution in [-0.2, 0) is 17.9 Å². The Bertz CT molecular complexity index is 736. The molecule has 2 rings (SSSR count). The number of rotatable bonds is 7. The fourth-order valence-electron chi connectivity index (χ4n) is 2.17. The van der Waals surface area contributed by atoms with Crippen molar-refractivity contribution in [1.82, 2.24) is 9.88 Å². The van der Waals surface area contributed by atoms with Crippen molar-refractivity contribution in [3.05, 3.63) is 44.5 Å². The van der Waals surface area contributed by atoms with Crippen molar-refractivity contribution in [2.24, 2.45) is 0 Å². The zero-order valence-electron chi connectivity index (χ0n) is 13.4. The first kappa shape index (κ1) is 17.1. The first-order valence-corrected chi connectivity index (χ1v) is 8.05. The third-order valence-electron chi connectivity index (χ3n) is 3.51. The Hall–Kier alpha value is -2.28. The number of carbonyl (C=O) groups excluding carboxylic acids is 1. The normalized spacial score (nSPS) is 10.4. The minimum absolute atomic E-state index is 0.0351. The molecule has 2 aromatic rings. The second-order valence-electron chi connectivity index (χ2n) is 5.00. The van der Waals surface area contributed by atoms with Gasteiger partial charge in [-0.1, -0.05) is 11.3 Å². The van der Waals surface area contributed by atoms with Crippen LogP contribution in [0.4, 0.5) is 0 Å². The summed E-state index contributed by atoms with van der Waals surface area (Å²) in [6.45, 7) is 2.61. The summed E-state index contributed by atoms with van der Waals surface area (Å²) in [5, 5.41) is 4.63. The van der Waals surface area contributed by atoms with E-state index in [-0.39, 0.29) is 17.2 Å². The van der Waals surface area contributed by atoms with Gasteiger partial charge in [-0.3, -0.25) is 9.59 Å². The van der Waals surface area contributed by atoms with Gasteiger partial charge in [0.25, 0.3) is 0 Å². The number of benzene rings is 1. The van der Waals surface area contributed by atoms with E-state index in [2.05, 4.69) is 5.32 Å². The van der Waals surface area contributed by atoms with Crippen molar-refractivity contribution in [2.75, 3.05) is 14.2 Å². The number of nitrogens with zero attached hydrogens (tertiary/aromatic N) is 1. The maximum atomic E-state index is 12.0. The Morgan fingerprint density at radius 2 is 2.09 bits per heavy atom. The number of ether oxygens (including phenoxy) is 2. The van der Waals surface area contributed by atoms with E-state index >= 15 is 0 Å². The van der Waals surface area contributed by atoms with Gasteiger partial charge >= 0.3 is 4.87 Å². The largest absolute Gasteiger partial charge is 0.497 e. The van der Waals surface area contributed by atoms with E-state index in [4.69, 9.17) is 9.47 Å². The maximum Gasteiger partial charge on any atom is 0.307 e. The van der Waals surface area contributed by atoms with Gasteiger partial charge in [-0.15, -0.1) is 0 Å². The van der Waals surface area contributed by atoms with Gasteiger partial charge in [0.15, 0.2) is 0 Å². The zero-order valence-corrected chi connectivity index (χ0v) is 14.2. The van der Waals surface area contributed by atoms with Crippen molar-refractivity contribution in [3.63, 3.8) is 0 Å². The van der Waals surface area contributed by atoms with Crippen LogP contribution in [-0.4, -0.2) is 24.7 Å². The summed E-state index contributed by atoms with van der Waals surface area (Å²) in [5.74, 6) is 1.25. The molecule has 124 valence electrons. The molecule has 23 heavy (non-hydrogen) atoms. The highest BCUT2D eigenvalue weighted by atomic mass is 32.1. The summed E-state index contributed by atoms with van der Waals surface area (Å²) < 4.78 is 12.0. The number of aryl methyl sites for hydroxylation is 1. The number of aromatic nitrogens is 1. The van der Waals surface area contributed by atoms with E-state index in [1.165, 1.54) is 0 Å². The summed E-state index contributed by atoms with van der Waals surface area (Å²) in [4.78, 5) is 23.5. The van der Waals surface area contributed by atoms with Gasteiger partial charge < -0.3 is 19.4 Å². The van der Waals surface area contributed by atoms with Crippen molar-refractivity contribution >= 4 is 17.2 Å². The molecule has 0 bridgehead atoms. The molecule has 1 N–H and O–H groups in total. The molecule has 0 spiro atoms. The molecule has 0 unspecified atom stereocenters. The van der Waals surface area contributed by atoms with Crippen LogP contribution in [0.15, 0.2) is 28.4 Å². The molecule has 1 amide bonds. The fraction of sp³-hybridized carbons (Fsp3) is 0.375. The van der Waals surface area contributed by atoms with E-state index in [1.54, 1.807) is 30.2 Å². The molecule has 0 aliphatic carbocycles. The van der Waals surface area contributed by atoms with Crippen LogP contribution in [0.1, 0.15) is 17.7 Å². The molecular formula is C16H20N2O4S. The van der Waals surface area contributed by atoms with Crippen LogP contribution in [0, 0.1) is 6.92 Å². The first-order valence-electron chi connectivity index (χ1n) is 7.17. The molecule has 1 aromatic heterocycles. The highest BCUT2D eigenvalue weighted by Crippen LogP contribution is 2.24. The summed E-state index contributed by atoms with van der Waals surface area (Å²) >= 11 is 1.15. The zero-order chi connectivity index (χ0) is 16.8. The predicted molar refractivity (Wildman–Crippen MR) is 89.3 cm³/mol. The van der Waals surface area contributed by atoms with Crippen molar-refractivity contribution in [2.45, 2.75) is 26.4 Å². The van der Waals surface area contributed by atoms with Crippen LogP contribution in [0.3, 0.4) is 0 Å². The highest BCUT2D eigenvalue weighted by Gasteiger charge is 2.09. The van der Waals surface area contributed by atoms with Crippen molar-refractivity contribution in [3.8, 4) is 11.5 Å². The monoisotopic (exact) mass is 336 g/mol. The van der Waals surface area contributed by atoms with E-state index in [0.29, 0.717) is 24.6 Å². The molecule has 0 radical (unpaired) electrons. The molecule has 0 aliphatic heterocycles. The van der Waals surface area contributed by atoms with Gasteiger partial charge in [0, 0.05) is 42.2 Å². The second kappa shape index (κ2) is 7.82. The Morgan fingerprint density at radius 3 is 2.70 bits per heavy atom. The number of nitrogens with one attached hydrogen (secondary N) is 1. The minimum Gasteiger partial charge on any atom is -0.497 e. The standard InChI is InChI=1S/C16H20N2O4S/c1-11-10-23-16(20)18(11)7-6-15(19)17-9-12-4-5-13(21-2)8-14(12)22-3/h4-5,8,10H,6-7,9H2,1-3H3,(H,17,19). The van der Waals surface area contributed by atoms with E-state index < -0.39 is 0 Å². The van der Waals surface area contributed by atoms with Crippen LogP contribution >= 0.6 is 11.3 Å². The van der Waals surface area contributed by atoms with Gasteiger partial charge in [0.05, 0.1) is 14.2 Å². The first-order chi connectivity index (χ1) is 11.0. The van der Waals surface area contributed by atoms with Crippen LogP contribution in [0.25, 0.3) is 0 Å². The average molecular weight is 336 g/mol. The lowest BCUT2D eigenvalue weighted by Crippen LogP contribution is -2.26. The van der Waals surface area contributed by atoms with E-state index in [1.807, 2.05) is 19.1 Å². The van der Waals surface area contributed by atoms with Gasteiger partial charge in [0.2, 0.25) is 5.91 Å². The van der Waals surface area contributed by atoms with Crippen molar-refractivity contribution < 1.29 is 14.3 Å². The number of amides is 1. The Kier molecular flexibility index (Phi) is 5.81. The summed E-state index contributed by atoms with van der Waals surface area (Å²) in [6, 6.07) is 5.44. The lowest BCUT2D eigenvalue weighted by Gasteiger charge is -2.11.